The summed E-state index contributed by atoms with van der Waals surface area (Å²) in [7, 11) is 1.32. The average Bonchev–Trinajstić information content (AvgIpc) is 2.13. The highest BCUT2D eigenvalue weighted by atomic mass is 35.5. The summed E-state index contributed by atoms with van der Waals surface area (Å²) in [5.74, 6) is 0.673. The van der Waals surface area contributed by atoms with Crippen LogP contribution in [0.1, 0.15) is 47.1 Å². The van der Waals surface area contributed by atoms with E-state index in [0.717, 1.165) is 18.7 Å². The molecule has 0 unspecified atom stereocenters. The van der Waals surface area contributed by atoms with Crippen molar-refractivity contribution in [2.45, 2.75) is 32.1 Å². The lowest BCUT2D eigenvalue weighted by molar-refractivity contribution is 0.0599. The lowest BCUT2D eigenvalue weighted by Crippen LogP contribution is -2.16. The molecule has 0 bridgehead atoms. The third kappa shape index (κ3) is 1.89. The Bertz CT molecular complexity index is 407. The molecule has 0 aromatic carbocycles. The van der Waals surface area contributed by atoms with Crippen molar-refractivity contribution in [1.82, 2.24) is 9.97 Å². The number of esters is 1. The fourth-order valence-electron chi connectivity index (χ4n) is 1.74. The first kappa shape index (κ1) is 11.3. The van der Waals surface area contributed by atoms with Gasteiger partial charge in [-0.3, -0.25) is 0 Å². The summed E-state index contributed by atoms with van der Waals surface area (Å²) in [4.78, 5) is 19.9. The van der Waals surface area contributed by atoms with E-state index in [2.05, 4.69) is 14.7 Å². The van der Waals surface area contributed by atoms with Crippen LogP contribution in [0.5, 0.6) is 0 Å². The second kappa shape index (κ2) is 4.37. The Balaban J connectivity index is 2.38. The van der Waals surface area contributed by atoms with Gasteiger partial charge in [-0.1, -0.05) is 18.0 Å². The maximum absolute atomic E-state index is 11.4. The molecule has 1 aliphatic rings. The van der Waals surface area contributed by atoms with E-state index in [4.69, 9.17) is 11.6 Å². The van der Waals surface area contributed by atoms with Gasteiger partial charge >= 0.3 is 5.97 Å². The maximum Gasteiger partial charge on any atom is 0.342 e. The SMILES string of the molecule is COC(=O)c1c(C)nc(C2CCC2)nc1Cl. The molecule has 1 aliphatic carbocycles. The van der Waals surface area contributed by atoms with Gasteiger partial charge in [0.15, 0.2) is 0 Å². The third-order valence-electron chi connectivity index (χ3n) is 2.92. The zero-order chi connectivity index (χ0) is 11.7. The second-order valence-corrected chi connectivity index (χ2v) is 4.31. The first-order valence-corrected chi connectivity index (χ1v) is 5.63. The summed E-state index contributed by atoms with van der Waals surface area (Å²) in [6.45, 7) is 1.75. The molecule has 0 saturated heterocycles. The van der Waals surface area contributed by atoms with Crippen molar-refractivity contribution in [2.24, 2.45) is 0 Å². The average molecular weight is 241 g/mol. The van der Waals surface area contributed by atoms with Crippen LogP contribution in [0.25, 0.3) is 0 Å². The molecule has 4 nitrogen and oxygen atoms in total. The molecule has 86 valence electrons. The van der Waals surface area contributed by atoms with E-state index >= 15 is 0 Å². The molecule has 1 aromatic rings. The van der Waals surface area contributed by atoms with Crippen LogP contribution in [0.3, 0.4) is 0 Å². The molecule has 1 fully saturated rings. The van der Waals surface area contributed by atoms with Crippen molar-refractivity contribution in [3.05, 3.63) is 22.2 Å². The van der Waals surface area contributed by atoms with Crippen molar-refractivity contribution in [3.63, 3.8) is 0 Å². The monoisotopic (exact) mass is 240 g/mol. The fraction of sp³-hybridized carbons (Fsp3) is 0.545. The van der Waals surface area contributed by atoms with Gasteiger partial charge in [0.05, 0.1) is 12.8 Å². The van der Waals surface area contributed by atoms with Crippen LogP contribution in [-0.4, -0.2) is 23.0 Å². The predicted molar refractivity (Wildman–Crippen MR) is 59.7 cm³/mol. The standard InChI is InChI=1S/C11H13ClN2O2/c1-6-8(11(15)16-2)9(12)14-10(13-6)7-4-3-5-7/h7H,3-5H2,1-2H3. The molecule has 0 spiro atoms. The van der Waals surface area contributed by atoms with E-state index in [0.29, 0.717) is 11.6 Å². The minimum atomic E-state index is -0.484. The Kier molecular flexibility index (Phi) is 3.10. The molecule has 1 heterocycles. The second-order valence-electron chi connectivity index (χ2n) is 3.95. The van der Waals surface area contributed by atoms with Crippen LogP contribution in [0.2, 0.25) is 5.15 Å². The quantitative estimate of drug-likeness (QED) is 0.589. The highest BCUT2D eigenvalue weighted by Gasteiger charge is 2.25. The number of halogens is 1. The van der Waals surface area contributed by atoms with E-state index in [1.54, 1.807) is 6.92 Å². The Morgan fingerprint density at radius 1 is 1.44 bits per heavy atom. The molecule has 1 aromatic heterocycles. The number of nitrogens with zero attached hydrogens (tertiary/aromatic N) is 2. The molecule has 0 atom stereocenters. The highest BCUT2D eigenvalue weighted by molar-refractivity contribution is 6.32. The number of methoxy groups -OCH3 is 1. The van der Waals surface area contributed by atoms with Gasteiger partial charge in [-0.05, 0) is 19.8 Å². The van der Waals surface area contributed by atoms with Gasteiger partial charge in [-0.25, -0.2) is 14.8 Å². The van der Waals surface area contributed by atoms with E-state index in [-0.39, 0.29) is 10.7 Å². The lowest BCUT2D eigenvalue weighted by Gasteiger charge is -2.24. The fourth-order valence-corrected chi connectivity index (χ4v) is 2.04. The number of ether oxygens (including phenoxy) is 1. The molecular formula is C11H13ClN2O2. The van der Waals surface area contributed by atoms with Gasteiger partial charge in [0.25, 0.3) is 0 Å². The Hall–Kier alpha value is -1.16. The smallest absolute Gasteiger partial charge is 0.342 e. The van der Waals surface area contributed by atoms with Gasteiger partial charge in [-0.15, -0.1) is 0 Å². The van der Waals surface area contributed by atoms with Crippen LogP contribution < -0.4 is 0 Å². The van der Waals surface area contributed by atoms with Crippen LogP contribution in [0.15, 0.2) is 0 Å². The summed E-state index contributed by atoms with van der Waals surface area (Å²) in [5, 5.41) is 0.196. The number of carbonyl (C=O) groups is 1. The molecule has 16 heavy (non-hydrogen) atoms. The van der Waals surface area contributed by atoms with Crippen LogP contribution >= 0.6 is 11.6 Å². The normalized spacial score (nSPS) is 15.7. The van der Waals surface area contributed by atoms with Crippen LogP contribution in [-0.2, 0) is 4.74 Å². The number of rotatable bonds is 2. The number of aryl methyl sites for hydroxylation is 1. The zero-order valence-corrected chi connectivity index (χ0v) is 10.0. The predicted octanol–water partition coefficient (Wildman–Crippen LogP) is 2.49. The van der Waals surface area contributed by atoms with Crippen molar-refractivity contribution in [3.8, 4) is 0 Å². The molecule has 5 heteroatoms. The van der Waals surface area contributed by atoms with Gasteiger partial charge in [0.1, 0.15) is 16.5 Å². The summed E-state index contributed by atoms with van der Waals surface area (Å²) in [6.07, 6.45) is 3.42. The molecule has 0 amide bonds. The number of carbonyl (C=O) groups excluding carboxylic acids is 1. The van der Waals surface area contributed by atoms with Gasteiger partial charge < -0.3 is 4.74 Å². The molecule has 2 rings (SSSR count). The Morgan fingerprint density at radius 2 is 2.12 bits per heavy atom. The third-order valence-corrected chi connectivity index (χ3v) is 3.20. The van der Waals surface area contributed by atoms with E-state index in [1.807, 2.05) is 0 Å². The zero-order valence-electron chi connectivity index (χ0n) is 9.29. The minimum absolute atomic E-state index is 0.196. The Morgan fingerprint density at radius 3 is 2.56 bits per heavy atom. The molecule has 0 aliphatic heterocycles. The number of hydrogen-bond donors (Lipinski definition) is 0. The van der Waals surface area contributed by atoms with Crippen molar-refractivity contribution >= 4 is 17.6 Å². The summed E-state index contributed by atoms with van der Waals surface area (Å²) in [6, 6.07) is 0. The van der Waals surface area contributed by atoms with E-state index in [9.17, 15) is 4.79 Å². The Labute approximate surface area is 99.0 Å². The van der Waals surface area contributed by atoms with Crippen LogP contribution in [0.4, 0.5) is 0 Å². The van der Waals surface area contributed by atoms with Crippen LogP contribution in [0, 0.1) is 6.92 Å². The highest BCUT2D eigenvalue weighted by Crippen LogP contribution is 2.35. The maximum atomic E-state index is 11.4. The van der Waals surface area contributed by atoms with Gasteiger partial charge in [-0.2, -0.15) is 0 Å². The number of hydrogen-bond acceptors (Lipinski definition) is 4. The molecule has 0 N–H and O–H groups in total. The van der Waals surface area contributed by atoms with E-state index < -0.39 is 5.97 Å². The summed E-state index contributed by atoms with van der Waals surface area (Å²) in [5.41, 5.74) is 0.862. The first-order valence-electron chi connectivity index (χ1n) is 5.26. The van der Waals surface area contributed by atoms with Crippen molar-refractivity contribution in [2.75, 3.05) is 7.11 Å². The number of aromatic nitrogens is 2. The summed E-state index contributed by atoms with van der Waals surface area (Å²) < 4.78 is 4.64. The first-order chi connectivity index (χ1) is 7.63. The van der Waals surface area contributed by atoms with Crippen molar-refractivity contribution in [1.29, 1.82) is 0 Å². The lowest BCUT2D eigenvalue weighted by atomic mass is 9.85. The van der Waals surface area contributed by atoms with E-state index in [1.165, 1.54) is 13.5 Å². The molecular weight excluding hydrogens is 228 g/mol. The molecule has 1 saturated carbocycles. The topological polar surface area (TPSA) is 52.1 Å². The summed E-state index contributed by atoms with van der Waals surface area (Å²) >= 11 is 5.98. The van der Waals surface area contributed by atoms with Gasteiger partial charge in [0.2, 0.25) is 0 Å². The van der Waals surface area contributed by atoms with Gasteiger partial charge in [0, 0.05) is 5.92 Å². The van der Waals surface area contributed by atoms with Crippen molar-refractivity contribution < 1.29 is 9.53 Å². The largest absolute Gasteiger partial charge is 0.465 e. The minimum Gasteiger partial charge on any atom is -0.465 e. The molecule has 0 radical (unpaired) electrons.